The Morgan fingerprint density at radius 1 is 1.25 bits per heavy atom. The average Bonchev–Trinajstić information content (AvgIpc) is 3.06. The minimum Gasteiger partial charge on any atom is -0.379 e. The first-order chi connectivity index (χ1) is 11.7. The molecule has 2 atom stereocenters. The molecule has 0 spiro atoms. The summed E-state index contributed by atoms with van der Waals surface area (Å²) >= 11 is 0. The summed E-state index contributed by atoms with van der Waals surface area (Å²) < 4.78 is 7.05. The summed E-state index contributed by atoms with van der Waals surface area (Å²) in [7, 11) is 0. The fraction of sp³-hybridized carbons (Fsp3) is 0.667. The fourth-order valence-electron chi connectivity index (χ4n) is 3.80. The van der Waals surface area contributed by atoms with Crippen LogP contribution in [0.3, 0.4) is 0 Å². The number of likely N-dealkylation sites (tertiary alicyclic amines) is 1. The molecular weight excluding hydrogens is 306 g/mol. The number of aromatic nitrogens is 1. The van der Waals surface area contributed by atoms with Crippen molar-refractivity contribution in [3.05, 3.63) is 34.7 Å². The zero-order valence-corrected chi connectivity index (χ0v) is 14.4. The van der Waals surface area contributed by atoms with E-state index in [4.69, 9.17) is 4.74 Å². The van der Waals surface area contributed by atoms with Gasteiger partial charge in [-0.1, -0.05) is 19.4 Å². The Balaban J connectivity index is 1.57. The summed E-state index contributed by atoms with van der Waals surface area (Å²) in [6.07, 6.45) is 3.21. The van der Waals surface area contributed by atoms with E-state index in [1.165, 1.54) is 6.07 Å². The standard InChI is InChI=1S/C18H27N3O3/c1-2-15-13-21(14-16(15)19-9-11-24-12-10-19)18(23)6-8-20-7-4-3-5-17(20)22/h3-5,7,15-16H,2,6,8-14H2,1H3/t15-,16+/m1/s1. The molecule has 24 heavy (non-hydrogen) atoms. The highest BCUT2D eigenvalue weighted by molar-refractivity contribution is 5.76. The maximum atomic E-state index is 12.6. The number of morpholine rings is 1. The zero-order valence-electron chi connectivity index (χ0n) is 14.4. The normalized spacial score (nSPS) is 25.1. The predicted molar refractivity (Wildman–Crippen MR) is 91.9 cm³/mol. The van der Waals surface area contributed by atoms with Crippen LogP contribution in [0.15, 0.2) is 29.2 Å². The van der Waals surface area contributed by atoms with Crippen LogP contribution in [0.25, 0.3) is 0 Å². The number of nitrogens with zero attached hydrogens (tertiary/aromatic N) is 3. The Morgan fingerprint density at radius 3 is 2.75 bits per heavy atom. The minimum atomic E-state index is -0.0515. The predicted octanol–water partition coefficient (Wildman–Crippen LogP) is 0.808. The summed E-state index contributed by atoms with van der Waals surface area (Å²) in [6.45, 7) is 7.80. The quantitative estimate of drug-likeness (QED) is 0.800. The van der Waals surface area contributed by atoms with Gasteiger partial charge in [0.25, 0.3) is 5.56 Å². The number of aryl methyl sites for hydroxylation is 1. The van der Waals surface area contributed by atoms with Crippen molar-refractivity contribution in [2.24, 2.45) is 5.92 Å². The molecule has 0 aromatic carbocycles. The van der Waals surface area contributed by atoms with Gasteiger partial charge in [0, 0.05) is 57.4 Å². The first-order valence-corrected chi connectivity index (χ1v) is 8.94. The lowest BCUT2D eigenvalue weighted by molar-refractivity contribution is -0.130. The third-order valence-electron chi connectivity index (χ3n) is 5.26. The Hall–Kier alpha value is -1.66. The lowest BCUT2D eigenvalue weighted by Gasteiger charge is -2.34. The minimum absolute atomic E-state index is 0.0515. The molecule has 2 fully saturated rings. The summed E-state index contributed by atoms with van der Waals surface area (Å²) in [5.41, 5.74) is -0.0515. The molecule has 1 amide bonds. The van der Waals surface area contributed by atoms with Crippen LogP contribution < -0.4 is 5.56 Å². The van der Waals surface area contributed by atoms with E-state index in [1.54, 1.807) is 16.8 Å². The van der Waals surface area contributed by atoms with Crippen molar-refractivity contribution in [1.82, 2.24) is 14.4 Å². The van der Waals surface area contributed by atoms with Crippen molar-refractivity contribution in [2.75, 3.05) is 39.4 Å². The van der Waals surface area contributed by atoms with Gasteiger partial charge in [0.2, 0.25) is 5.91 Å². The molecule has 0 N–H and O–H groups in total. The van der Waals surface area contributed by atoms with Crippen molar-refractivity contribution in [2.45, 2.75) is 32.4 Å². The Kier molecular flexibility index (Phi) is 5.68. The molecule has 6 nitrogen and oxygen atoms in total. The summed E-state index contributed by atoms with van der Waals surface area (Å²) in [4.78, 5) is 28.8. The molecule has 2 aliphatic rings. The number of pyridine rings is 1. The lowest BCUT2D eigenvalue weighted by atomic mass is 9.99. The monoisotopic (exact) mass is 333 g/mol. The second-order valence-corrected chi connectivity index (χ2v) is 6.67. The van der Waals surface area contributed by atoms with Crippen LogP contribution in [0.2, 0.25) is 0 Å². The van der Waals surface area contributed by atoms with Gasteiger partial charge < -0.3 is 14.2 Å². The van der Waals surface area contributed by atoms with E-state index < -0.39 is 0 Å². The number of carbonyl (C=O) groups excluding carboxylic acids is 1. The van der Waals surface area contributed by atoms with E-state index in [9.17, 15) is 9.59 Å². The molecule has 0 radical (unpaired) electrons. The van der Waals surface area contributed by atoms with Gasteiger partial charge in [-0.15, -0.1) is 0 Å². The van der Waals surface area contributed by atoms with Gasteiger partial charge in [0.15, 0.2) is 0 Å². The zero-order chi connectivity index (χ0) is 16.9. The summed E-state index contributed by atoms with van der Waals surface area (Å²) in [5, 5.41) is 0. The van der Waals surface area contributed by atoms with Crippen LogP contribution in [0.1, 0.15) is 19.8 Å². The molecule has 2 saturated heterocycles. The van der Waals surface area contributed by atoms with E-state index in [-0.39, 0.29) is 11.5 Å². The highest BCUT2D eigenvalue weighted by Crippen LogP contribution is 2.26. The van der Waals surface area contributed by atoms with E-state index in [1.807, 2.05) is 11.0 Å². The maximum absolute atomic E-state index is 12.6. The number of carbonyl (C=O) groups is 1. The molecule has 132 valence electrons. The highest BCUT2D eigenvalue weighted by Gasteiger charge is 2.37. The van der Waals surface area contributed by atoms with Gasteiger partial charge in [-0.2, -0.15) is 0 Å². The molecule has 0 aliphatic carbocycles. The molecule has 3 heterocycles. The van der Waals surface area contributed by atoms with Crippen molar-refractivity contribution in [3.8, 4) is 0 Å². The Labute approximate surface area is 143 Å². The van der Waals surface area contributed by atoms with Gasteiger partial charge in [-0.05, 0) is 12.0 Å². The number of hydrogen-bond acceptors (Lipinski definition) is 4. The van der Waals surface area contributed by atoms with Gasteiger partial charge >= 0.3 is 0 Å². The van der Waals surface area contributed by atoms with E-state index >= 15 is 0 Å². The molecule has 3 rings (SSSR count). The second-order valence-electron chi connectivity index (χ2n) is 6.67. The van der Waals surface area contributed by atoms with Crippen LogP contribution in [-0.2, 0) is 16.1 Å². The van der Waals surface area contributed by atoms with Crippen LogP contribution in [0, 0.1) is 5.92 Å². The molecule has 1 aromatic rings. The first kappa shape index (κ1) is 17.2. The Bertz CT molecular complexity index is 610. The van der Waals surface area contributed by atoms with Gasteiger partial charge in [-0.3, -0.25) is 14.5 Å². The SMILES string of the molecule is CC[C@@H]1CN(C(=O)CCn2ccccc2=O)C[C@@H]1N1CCOCC1. The van der Waals surface area contributed by atoms with Crippen LogP contribution >= 0.6 is 0 Å². The number of hydrogen-bond donors (Lipinski definition) is 0. The van der Waals surface area contributed by atoms with Gasteiger partial charge in [-0.25, -0.2) is 0 Å². The summed E-state index contributed by atoms with van der Waals surface area (Å²) in [6, 6.07) is 5.52. The smallest absolute Gasteiger partial charge is 0.250 e. The number of ether oxygens (including phenoxy) is 1. The van der Waals surface area contributed by atoms with Crippen LogP contribution in [-0.4, -0.2) is 65.7 Å². The van der Waals surface area contributed by atoms with Gasteiger partial charge in [0.05, 0.1) is 13.2 Å². The lowest BCUT2D eigenvalue weighted by Crippen LogP contribution is -2.47. The van der Waals surface area contributed by atoms with Crippen molar-refractivity contribution in [3.63, 3.8) is 0 Å². The van der Waals surface area contributed by atoms with E-state index in [0.29, 0.717) is 24.9 Å². The maximum Gasteiger partial charge on any atom is 0.250 e. The molecule has 2 aliphatic heterocycles. The highest BCUT2D eigenvalue weighted by atomic mass is 16.5. The molecule has 0 bridgehead atoms. The number of rotatable bonds is 5. The van der Waals surface area contributed by atoms with Crippen LogP contribution in [0.4, 0.5) is 0 Å². The third kappa shape index (κ3) is 3.87. The van der Waals surface area contributed by atoms with E-state index in [0.717, 1.165) is 45.8 Å². The first-order valence-electron chi connectivity index (χ1n) is 8.94. The second kappa shape index (κ2) is 7.94. The van der Waals surface area contributed by atoms with Crippen molar-refractivity contribution >= 4 is 5.91 Å². The van der Waals surface area contributed by atoms with E-state index in [2.05, 4.69) is 11.8 Å². The number of amides is 1. The molecular formula is C18H27N3O3. The summed E-state index contributed by atoms with van der Waals surface area (Å²) in [5.74, 6) is 0.687. The molecule has 0 unspecified atom stereocenters. The topological polar surface area (TPSA) is 54.8 Å². The van der Waals surface area contributed by atoms with Gasteiger partial charge in [0.1, 0.15) is 0 Å². The third-order valence-corrected chi connectivity index (χ3v) is 5.26. The average molecular weight is 333 g/mol. The Morgan fingerprint density at radius 2 is 2.04 bits per heavy atom. The molecule has 1 aromatic heterocycles. The van der Waals surface area contributed by atoms with Crippen molar-refractivity contribution < 1.29 is 9.53 Å². The van der Waals surface area contributed by atoms with Crippen LogP contribution in [0.5, 0.6) is 0 Å². The van der Waals surface area contributed by atoms with Crippen molar-refractivity contribution in [1.29, 1.82) is 0 Å². The molecule has 0 saturated carbocycles. The fourth-order valence-corrected chi connectivity index (χ4v) is 3.80. The molecule has 6 heteroatoms. The largest absolute Gasteiger partial charge is 0.379 e.